The summed E-state index contributed by atoms with van der Waals surface area (Å²) in [5.41, 5.74) is 1.08. The molecule has 100 valence electrons. The van der Waals surface area contributed by atoms with Gasteiger partial charge in [-0.1, -0.05) is 12.1 Å². The topological polar surface area (TPSA) is 70.7 Å². The molecule has 0 bridgehead atoms. The zero-order valence-electron chi connectivity index (χ0n) is 10.4. The Morgan fingerprint density at radius 2 is 2.00 bits per heavy atom. The van der Waals surface area contributed by atoms with Gasteiger partial charge in [0.2, 0.25) is 0 Å². The molecule has 0 aliphatic carbocycles. The molecule has 1 aromatic heterocycles. The number of furan rings is 1. The van der Waals surface area contributed by atoms with E-state index in [-0.39, 0.29) is 12.2 Å². The standard InChI is InChI=1S/C14H14O4S/c1-9-13(14(16)17)6-11(18-9)8-19-12-4-2-10(7-15)3-5-12/h2-6,15H,7-8H2,1H3,(H,16,17). The largest absolute Gasteiger partial charge is 0.478 e. The molecule has 1 heterocycles. The van der Waals surface area contributed by atoms with Crippen molar-refractivity contribution in [2.24, 2.45) is 0 Å². The number of rotatable bonds is 5. The van der Waals surface area contributed by atoms with Gasteiger partial charge in [0.05, 0.1) is 12.4 Å². The average Bonchev–Trinajstić information content (AvgIpc) is 2.78. The number of carboxylic acids is 1. The number of thioether (sulfide) groups is 1. The van der Waals surface area contributed by atoms with Crippen LogP contribution in [0.4, 0.5) is 0 Å². The first-order valence-corrected chi connectivity index (χ1v) is 6.74. The summed E-state index contributed by atoms with van der Waals surface area (Å²) in [6, 6.07) is 9.12. The van der Waals surface area contributed by atoms with Gasteiger partial charge in [0.1, 0.15) is 17.1 Å². The Balaban J connectivity index is 2.01. The number of carbonyl (C=O) groups is 1. The molecule has 0 saturated heterocycles. The zero-order chi connectivity index (χ0) is 13.8. The minimum absolute atomic E-state index is 0.0320. The van der Waals surface area contributed by atoms with E-state index in [4.69, 9.17) is 14.6 Å². The molecular formula is C14H14O4S. The van der Waals surface area contributed by atoms with Gasteiger partial charge >= 0.3 is 5.97 Å². The van der Waals surface area contributed by atoms with Crippen molar-refractivity contribution in [2.75, 3.05) is 0 Å². The summed E-state index contributed by atoms with van der Waals surface area (Å²) < 4.78 is 5.40. The number of aliphatic hydroxyl groups excluding tert-OH is 1. The summed E-state index contributed by atoms with van der Waals surface area (Å²) in [4.78, 5) is 11.9. The van der Waals surface area contributed by atoms with E-state index in [9.17, 15) is 4.79 Å². The summed E-state index contributed by atoms with van der Waals surface area (Å²) in [6.45, 7) is 1.68. The summed E-state index contributed by atoms with van der Waals surface area (Å²) in [6.07, 6.45) is 0. The number of benzene rings is 1. The van der Waals surface area contributed by atoms with Crippen LogP contribution in [0.2, 0.25) is 0 Å². The highest BCUT2D eigenvalue weighted by Crippen LogP contribution is 2.25. The average molecular weight is 278 g/mol. The van der Waals surface area contributed by atoms with Crippen LogP contribution < -0.4 is 0 Å². The van der Waals surface area contributed by atoms with E-state index in [0.717, 1.165) is 10.5 Å². The van der Waals surface area contributed by atoms with Gasteiger partial charge in [-0.3, -0.25) is 0 Å². The highest BCUT2D eigenvalue weighted by Gasteiger charge is 2.13. The van der Waals surface area contributed by atoms with Crippen LogP contribution in [0.25, 0.3) is 0 Å². The van der Waals surface area contributed by atoms with E-state index in [1.54, 1.807) is 24.8 Å². The maximum atomic E-state index is 10.9. The van der Waals surface area contributed by atoms with E-state index >= 15 is 0 Å². The molecule has 0 aliphatic rings. The van der Waals surface area contributed by atoms with E-state index in [2.05, 4.69) is 0 Å². The lowest BCUT2D eigenvalue weighted by Gasteiger charge is -2.00. The predicted molar refractivity (Wildman–Crippen MR) is 72.3 cm³/mol. The van der Waals surface area contributed by atoms with Gasteiger partial charge < -0.3 is 14.6 Å². The maximum Gasteiger partial charge on any atom is 0.339 e. The van der Waals surface area contributed by atoms with Crippen LogP contribution in [-0.2, 0) is 12.4 Å². The number of hydrogen-bond donors (Lipinski definition) is 2. The molecule has 0 fully saturated rings. The molecule has 0 amide bonds. The lowest BCUT2D eigenvalue weighted by atomic mass is 10.2. The number of hydrogen-bond acceptors (Lipinski definition) is 4. The smallest absolute Gasteiger partial charge is 0.339 e. The quantitative estimate of drug-likeness (QED) is 0.822. The third-order valence-corrected chi connectivity index (χ3v) is 3.72. The highest BCUT2D eigenvalue weighted by molar-refractivity contribution is 7.98. The summed E-state index contributed by atoms with van der Waals surface area (Å²) in [5, 5.41) is 17.9. The van der Waals surface area contributed by atoms with Crippen molar-refractivity contribution in [1.29, 1.82) is 0 Å². The Labute approximate surface area is 115 Å². The fourth-order valence-electron chi connectivity index (χ4n) is 1.67. The van der Waals surface area contributed by atoms with Crippen molar-refractivity contribution < 1.29 is 19.4 Å². The zero-order valence-corrected chi connectivity index (χ0v) is 11.2. The normalized spacial score (nSPS) is 10.6. The monoisotopic (exact) mass is 278 g/mol. The predicted octanol–water partition coefficient (Wildman–Crippen LogP) is 3.07. The van der Waals surface area contributed by atoms with Crippen molar-refractivity contribution in [2.45, 2.75) is 24.2 Å². The van der Waals surface area contributed by atoms with Crippen LogP contribution in [0.5, 0.6) is 0 Å². The molecule has 4 nitrogen and oxygen atoms in total. The van der Waals surface area contributed by atoms with Crippen LogP contribution in [0.15, 0.2) is 39.6 Å². The second kappa shape index (κ2) is 5.95. The van der Waals surface area contributed by atoms with Crippen LogP contribution >= 0.6 is 11.8 Å². The van der Waals surface area contributed by atoms with Crippen LogP contribution in [0.1, 0.15) is 27.4 Å². The lowest BCUT2D eigenvalue weighted by molar-refractivity contribution is 0.0695. The van der Waals surface area contributed by atoms with E-state index in [1.165, 1.54) is 0 Å². The second-order valence-electron chi connectivity index (χ2n) is 4.08. The molecular weight excluding hydrogens is 264 g/mol. The molecule has 5 heteroatoms. The maximum absolute atomic E-state index is 10.9. The van der Waals surface area contributed by atoms with Gasteiger partial charge in [0, 0.05) is 4.90 Å². The molecule has 0 unspecified atom stereocenters. The van der Waals surface area contributed by atoms with Crippen molar-refractivity contribution >= 4 is 17.7 Å². The molecule has 0 aliphatic heterocycles. The van der Waals surface area contributed by atoms with Crippen LogP contribution in [-0.4, -0.2) is 16.2 Å². The van der Waals surface area contributed by atoms with Crippen molar-refractivity contribution in [3.05, 3.63) is 53.0 Å². The van der Waals surface area contributed by atoms with Crippen molar-refractivity contribution in [1.82, 2.24) is 0 Å². The number of carboxylic acid groups (broad SMARTS) is 1. The Hall–Kier alpha value is -1.72. The molecule has 2 aromatic rings. The summed E-state index contributed by atoms with van der Waals surface area (Å²) >= 11 is 1.56. The third-order valence-electron chi connectivity index (χ3n) is 2.69. The Kier molecular flexibility index (Phi) is 4.29. The van der Waals surface area contributed by atoms with E-state index in [1.807, 2.05) is 24.3 Å². The molecule has 2 N–H and O–H groups in total. The Morgan fingerprint density at radius 3 is 2.53 bits per heavy atom. The first-order valence-electron chi connectivity index (χ1n) is 5.75. The fourth-order valence-corrected chi connectivity index (χ4v) is 2.45. The molecule has 2 rings (SSSR count). The van der Waals surface area contributed by atoms with Crippen molar-refractivity contribution in [3.8, 4) is 0 Å². The highest BCUT2D eigenvalue weighted by atomic mass is 32.2. The first-order chi connectivity index (χ1) is 9.10. The second-order valence-corrected chi connectivity index (χ2v) is 5.13. The SMILES string of the molecule is Cc1oc(CSc2ccc(CO)cc2)cc1C(=O)O. The Morgan fingerprint density at radius 1 is 1.32 bits per heavy atom. The molecule has 0 atom stereocenters. The van der Waals surface area contributed by atoms with E-state index < -0.39 is 5.97 Å². The minimum atomic E-state index is -0.968. The fraction of sp³-hybridized carbons (Fsp3) is 0.214. The van der Waals surface area contributed by atoms with Gasteiger partial charge in [-0.05, 0) is 30.7 Å². The van der Waals surface area contributed by atoms with Gasteiger partial charge in [0.25, 0.3) is 0 Å². The van der Waals surface area contributed by atoms with Crippen molar-refractivity contribution in [3.63, 3.8) is 0 Å². The molecule has 1 aromatic carbocycles. The van der Waals surface area contributed by atoms with Crippen LogP contribution in [0.3, 0.4) is 0 Å². The third kappa shape index (κ3) is 3.39. The minimum Gasteiger partial charge on any atom is -0.478 e. The summed E-state index contributed by atoms with van der Waals surface area (Å²) in [7, 11) is 0. The molecule has 0 spiro atoms. The molecule has 19 heavy (non-hydrogen) atoms. The summed E-state index contributed by atoms with van der Waals surface area (Å²) in [5.74, 6) is 0.682. The van der Waals surface area contributed by atoms with E-state index in [0.29, 0.717) is 17.3 Å². The van der Waals surface area contributed by atoms with Crippen LogP contribution in [0, 0.1) is 6.92 Å². The van der Waals surface area contributed by atoms with Gasteiger partial charge in [-0.15, -0.1) is 11.8 Å². The first kappa shape index (κ1) is 13.7. The molecule has 0 radical (unpaired) electrons. The van der Waals surface area contributed by atoms with Gasteiger partial charge in [0.15, 0.2) is 0 Å². The number of aromatic carboxylic acids is 1. The number of aryl methyl sites for hydroxylation is 1. The lowest BCUT2D eigenvalue weighted by Crippen LogP contribution is -1.94. The van der Waals surface area contributed by atoms with Gasteiger partial charge in [-0.25, -0.2) is 4.79 Å². The molecule has 0 saturated carbocycles. The Bertz CT molecular complexity index is 572. The number of aliphatic hydroxyl groups is 1. The van der Waals surface area contributed by atoms with Gasteiger partial charge in [-0.2, -0.15) is 0 Å².